The van der Waals surface area contributed by atoms with E-state index in [-0.39, 0.29) is 11.5 Å². The molecule has 0 saturated carbocycles. The molecule has 5 nitrogen and oxygen atoms in total. The van der Waals surface area contributed by atoms with Gasteiger partial charge in [0.15, 0.2) is 0 Å². The van der Waals surface area contributed by atoms with Crippen molar-refractivity contribution in [2.75, 3.05) is 20.1 Å². The highest BCUT2D eigenvalue weighted by Gasteiger charge is 2.38. The average molecular weight is 289 g/mol. The minimum Gasteiger partial charge on any atom is -0.334 e. The van der Waals surface area contributed by atoms with E-state index in [0.29, 0.717) is 17.6 Å². The van der Waals surface area contributed by atoms with Crippen LogP contribution in [0.5, 0.6) is 0 Å². The predicted octanol–water partition coefficient (Wildman–Crippen LogP) is 1.08. The smallest absolute Gasteiger partial charge is 0.254 e. The van der Waals surface area contributed by atoms with E-state index >= 15 is 0 Å². The van der Waals surface area contributed by atoms with E-state index in [2.05, 4.69) is 11.9 Å². The van der Waals surface area contributed by atoms with Gasteiger partial charge in [-0.3, -0.25) is 9.59 Å². The molecule has 2 aliphatic rings. The third-order valence-corrected chi connectivity index (χ3v) is 4.93. The number of aryl methyl sites for hydroxylation is 1. The van der Waals surface area contributed by atoms with Crippen molar-refractivity contribution < 1.29 is 4.79 Å². The molecule has 2 atom stereocenters. The van der Waals surface area contributed by atoms with Gasteiger partial charge in [0.2, 0.25) is 0 Å². The summed E-state index contributed by atoms with van der Waals surface area (Å²) < 4.78 is 1.49. The Balaban J connectivity index is 1.82. The van der Waals surface area contributed by atoms with Crippen LogP contribution in [0.15, 0.2) is 23.1 Å². The molecule has 114 valence electrons. The minimum absolute atomic E-state index is 0.00972. The van der Waals surface area contributed by atoms with Gasteiger partial charge in [-0.15, -0.1) is 0 Å². The molecule has 0 aromatic carbocycles. The zero-order chi connectivity index (χ0) is 15.0. The summed E-state index contributed by atoms with van der Waals surface area (Å²) in [5, 5.41) is 0. The van der Waals surface area contributed by atoms with Gasteiger partial charge in [0, 0.05) is 43.5 Å². The maximum absolute atomic E-state index is 12.7. The lowest BCUT2D eigenvalue weighted by Gasteiger charge is -2.33. The lowest BCUT2D eigenvalue weighted by Crippen LogP contribution is -2.47. The highest BCUT2D eigenvalue weighted by Crippen LogP contribution is 2.29. The van der Waals surface area contributed by atoms with Crippen LogP contribution in [0.1, 0.15) is 36.0 Å². The first-order valence-corrected chi connectivity index (χ1v) is 7.76. The Morgan fingerprint density at radius 3 is 2.52 bits per heavy atom. The quantitative estimate of drug-likeness (QED) is 0.818. The molecule has 0 bridgehead atoms. The van der Waals surface area contributed by atoms with Crippen LogP contribution in [0.4, 0.5) is 0 Å². The number of amides is 1. The Morgan fingerprint density at radius 2 is 1.86 bits per heavy atom. The molecule has 0 aliphatic carbocycles. The van der Waals surface area contributed by atoms with Gasteiger partial charge in [0.25, 0.3) is 11.5 Å². The van der Waals surface area contributed by atoms with Gasteiger partial charge in [-0.05, 0) is 45.3 Å². The molecule has 1 aromatic rings. The number of hydrogen-bond donors (Lipinski definition) is 0. The molecule has 1 aromatic heterocycles. The number of nitrogens with zero attached hydrogens (tertiary/aromatic N) is 3. The van der Waals surface area contributed by atoms with Gasteiger partial charge >= 0.3 is 0 Å². The van der Waals surface area contributed by atoms with Crippen molar-refractivity contribution >= 4 is 5.91 Å². The Kier molecular flexibility index (Phi) is 3.85. The normalized spacial score (nSPS) is 26.5. The Bertz CT molecular complexity index is 595. The predicted molar refractivity (Wildman–Crippen MR) is 81.4 cm³/mol. The molecule has 2 unspecified atom stereocenters. The number of carbonyl (C=O) groups excluding carboxylic acids is 1. The third-order valence-electron chi connectivity index (χ3n) is 4.93. The first-order valence-electron chi connectivity index (χ1n) is 7.76. The monoisotopic (exact) mass is 289 g/mol. The van der Waals surface area contributed by atoms with E-state index in [9.17, 15) is 9.59 Å². The number of likely N-dealkylation sites (tertiary alicyclic amines) is 2. The van der Waals surface area contributed by atoms with Crippen LogP contribution >= 0.6 is 0 Å². The van der Waals surface area contributed by atoms with E-state index in [1.54, 1.807) is 19.3 Å². The van der Waals surface area contributed by atoms with Crippen LogP contribution in [0.2, 0.25) is 0 Å². The van der Waals surface area contributed by atoms with Crippen LogP contribution in [0, 0.1) is 0 Å². The van der Waals surface area contributed by atoms with E-state index < -0.39 is 0 Å². The molecular formula is C16H23N3O2. The first kappa shape index (κ1) is 14.3. The summed E-state index contributed by atoms with van der Waals surface area (Å²) in [5.41, 5.74) is 0.389. The van der Waals surface area contributed by atoms with Gasteiger partial charge < -0.3 is 14.4 Å². The van der Waals surface area contributed by atoms with Crippen molar-refractivity contribution in [1.82, 2.24) is 14.4 Å². The topological polar surface area (TPSA) is 45.5 Å². The van der Waals surface area contributed by atoms with E-state index in [4.69, 9.17) is 0 Å². The number of carbonyl (C=O) groups is 1. The summed E-state index contributed by atoms with van der Waals surface area (Å²) in [5.74, 6) is 0.00972. The molecule has 2 saturated heterocycles. The largest absolute Gasteiger partial charge is 0.334 e. The molecule has 1 amide bonds. The fourth-order valence-corrected chi connectivity index (χ4v) is 3.71. The first-order chi connectivity index (χ1) is 10.1. The summed E-state index contributed by atoms with van der Waals surface area (Å²) in [6.07, 6.45) is 6.19. The zero-order valence-electron chi connectivity index (χ0n) is 12.8. The summed E-state index contributed by atoms with van der Waals surface area (Å²) in [6.45, 7) is 1.93. The minimum atomic E-state index is -0.130. The standard InChI is InChI=1S/C16H23N3O2/c1-17-8-3-5-13(17)14-6-4-9-19(14)16(21)12-7-10-18(2)15(20)11-12/h7,10-11,13-14H,3-6,8-9H2,1-2H3. The average Bonchev–Trinajstić information content (AvgIpc) is 3.09. The van der Waals surface area contributed by atoms with Crippen LogP contribution in [-0.4, -0.2) is 52.5 Å². The summed E-state index contributed by atoms with van der Waals surface area (Å²) in [4.78, 5) is 28.8. The second-order valence-electron chi connectivity index (χ2n) is 6.26. The van der Waals surface area contributed by atoms with Gasteiger partial charge in [0.05, 0.1) is 0 Å². The molecule has 21 heavy (non-hydrogen) atoms. The van der Waals surface area contributed by atoms with Crippen LogP contribution in [0.25, 0.3) is 0 Å². The lowest BCUT2D eigenvalue weighted by molar-refractivity contribution is 0.0664. The summed E-state index contributed by atoms with van der Waals surface area (Å²) >= 11 is 0. The van der Waals surface area contributed by atoms with Crippen LogP contribution in [-0.2, 0) is 7.05 Å². The number of rotatable bonds is 2. The molecule has 0 N–H and O–H groups in total. The second-order valence-corrected chi connectivity index (χ2v) is 6.26. The molecule has 0 spiro atoms. The molecule has 2 fully saturated rings. The van der Waals surface area contributed by atoms with Crippen molar-refractivity contribution in [2.45, 2.75) is 37.8 Å². The van der Waals surface area contributed by atoms with E-state index in [0.717, 1.165) is 25.9 Å². The van der Waals surface area contributed by atoms with Gasteiger partial charge in [-0.1, -0.05) is 0 Å². The molecule has 2 aliphatic heterocycles. The van der Waals surface area contributed by atoms with Crippen molar-refractivity contribution in [2.24, 2.45) is 7.05 Å². The van der Waals surface area contributed by atoms with Crippen molar-refractivity contribution in [1.29, 1.82) is 0 Å². The maximum atomic E-state index is 12.7. The summed E-state index contributed by atoms with van der Waals surface area (Å²) in [6, 6.07) is 3.98. The second kappa shape index (κ2) is 5.64. The lowest BCUT2D eigenvalue weighted by atomic mass is 10.0. The van der Waals surface area contributed by atoms with E-state index in [1.165, 1.54) is 23.5 Å². The van der Waals surface area contributed by atoms with Gasteiger partial charge in [0.1, 0.15) is 0 Å². The number of hydrogen-bond acceptors (Lipinski definition) is 3. The van der Waals surface area contributed by atoms with Crippen molar-refractivity contribution in [3.05, 3.63) is 34.2 Å². The number of pyridine rings is 1. The van der Waals surface area contributed by atoms with Gasteiger partial charge in [-0.25, -0.2) is 0 Å². The van der Waals surface area contributed by atoms with Gasteiger partial charge in [-0.2, -0.15) is 0 Å². The fraction of sp³-hybridized carbons (Fsp3) is 0.625. The Morgan fingerprint density at radius 1 is 1.14 bits per heavy atom. The van der Waals surface area contributed by atoms with Crippen molar-refractivity contribution in [3.63, 3.8) is 0 Å². The summed E-state index contributed by atoms with van der Waals surface area (Å²) in [7, 11) is 3.85. The van der Waals surface area contributed by atoms with E-state index in [1.807, 2.05) is 4.90 Å². The SMILES string of the molecule is CN1CCCC1C1CCCN1C(=O)c1ccn(C)c(=O)c1. The van der Waals surface area contributed by atoms with Crippen LogP contribution in [0.3, 0.4) is 0 Å². The molecule has 3 heterocycles. The molecule has 0 radical (unpaired) electrons. The van der Waals surface area contributed by atoms with Crippen molar-refractivity contribution in [3.8, 4) is 0 Å². The Labute approximate surface area is 125 Å². The molecule has 3 rings (SSSR count). The maximum Gasteiger partial charge on any atom is 0.254 e. The van der Waals surface area contributed by atoms with Crippen LogP contribution < -0.4 is 5.56 Å². The fourth-order valence-electron chi connectivity index (χ4n) is 3.71. The number of likely N-dealkylation sites (N-methyl/N-ethyl adjacent to an activating group) is 1. The third kappa shape index (κ3) is 2.62. The zero-order valence-corrected chi connectivity index (χ0v) is 12.8. The molecular weight excluding hydrogens is 266 g/mol. The number of aromatic nitrogens is 1. The highest BCUT2D eigenvalue weighted by molar-refractivity contribution is 5.94. The molecule has 5 heteroatoms. The Hall–Kier alpha value is -1.62. The highest BCUT2D eigenvalue weighted by atomic mass is 16.2.